The minimum absolute atomic E-state index is 0.000449. The summed E-state index contributed by atoms with van der Waals surface area (Å²) in [5, 5.41) is 3.54. The molecule has 0 aliphatic carbocycles. The summed E-state index contributed by atoms with van der Waals surface area (Å²) in [5.74, 6) is -0.000449. The van der Waals surface area contributed by atoms with Crippen LogP contribution in [0.25, 0.3) is 0 Å². The van der Waals surface area contributed by atoms with E-state index in [-0.39, 0.29) is 11.3 Å². The van der Waals surface area contributed by atoms with Crippen LogP contribution >= 0.6 is 11.3 Å². The molecular weight excluding hydrogens is 224 g/mol. The average molecular weight is 240 g/mol. The van der Waals surface area contributed by atoms with E-state index in [1.54, 1.807) is 0 Å². The molecule has 1 amide bonds. The summed E-state index contributed by atoms with van der Waals surface area (Å²) in [5.41, 5.74) is 0.684. The van der Waals surface area contributed by atoms with Gasteiger partial charge in [-0.15, -0.1) is 0 Å². The predicted octanol–water partition coefficient (Wildman–Crippen LogP) is 2.20. The zero-order valence-corrected chi connectivity index (χ0v) is 10.6. The topological polar surface area (TPSA) is 51.2 Å². The summed E-state index contributed by atoms with van der Waals surface area (Å²) in [6.45, 7) is 7.01. The minimum atomic E-state index is -0.386. The van der Waals surface area contributed by atoms with E-state index in [0.29, 0.717) is 11.7 Å². The van der Waals surface area contributed by atoms with Gasteiger partial charge < -0.3 is 10.1 Å². The summed E-state index contributed by atoms with van der Waals surface area (Å²) >= 11 is 1.51. The smallest absolute Gasteiger partial charge is 0.231 e. The fraction of sp³-hybridized carbons (Fsp3) is 0.636. The van der Waals surface area contributed by atoms with Gasteiger partial charge in [0.2, 0.25) is 5.91 Å². The summed E-state index contributed by atoms with van der Waals surface area (Å²) in [6.07, 6.45) is 0.844. The Bertz CT molecular complexity index is 383. The molecule has 0 unspecified atom stereocenters. The first-order chi connectivity index (χ1) is 7.47. The first-order valence-corrected chi connectivity index (χ1v) is 6.16. The van der Waals surface area contributed by atoms with Crippen LogP contribution in [0.3, 0.4) is 0 Å². The van der Waals surface area contributed by atoms with Gasteiger partial charge in [-0.3, -0.25) is 4.79 Å². The molecule has 1 aromatic rings. The first-order valence-electron chi connectivity index (χ1n) is 5.34. The number of amides is 1. The van der Waals surface area contributed by atoms with E-state index >= 15 is 0 Å². The number of hydrogen-bond acceptors (Lipinski definition) is 4. The van der Waals surface area contributed by atoms with Gasteiger partial charge in [-0.1, -0.05) is 32.1 Å². The highest BCUT2D eigenvalue weighted by atomic mass is 32.1. The van der Waals surface area contributed by atoms with E-state index in [2.05, 4.69) is 10.3 Å². The number of thiazole rings is 1. The molecule has 16 heavy (non-hydrogen) atoms. The molecule has 0 saturated heterocycles. The van der Waals surface area contributed by atoms with Crippen LogP contribution < -0.4 is 5.32 Å². The maximum Gasteiger partial charge on any atom is 0.231 e. The lowest BCUT2D eigenvalue weighted by molar-refractivity contribution is -0.123. The van der Waals surface area contributed by atoms with E-state index in [1.807, 2.05) is 20.8 Å². The molecule has 0 atom stereocenters. The largest absolute Gasteiger partial charge is 0.375 e. The van der Waals surface area contributed by atoms with E-state index in [0.717, 1.165) is 23.6 Å². The normalized spacial score (nSPS) is 15.7. The van der Waals surface area contributed by atoms with Gasteiger partial charge in [-0.05, 0) is 0 Å². The number of hydrogen-bond donors (Lipinski definition) is 1. The lowest BCUT2D eigenvalue weighted by Gasteiger charge is -2.15. The van der Waals surface area contributed by atoms with E-state index < -0.39 is 0 Å². The molecule has 1 aliphatic rings. The van der Waals surface area contributed by atoms with Gasteiger partial charge in [0.1, 0.15) is 0 Å². The second-order valence-corrected chi connectivity index (χ2v) is 5.98. The van der Waals surface area contributed by atoms with Crippen molar-refractivity contribution in [2.75, 3.05) is 11.9 Å². The second-order valence-electron chi connectivity index (χ2n) is 4.90. The van der Waals surface area contributed by atoms with Crippen LogP contribution in [0.2, 0.25) is 0 Å². The molecular formula is C11H16N2O2S. The molecule has 0 spiro atoms. The Hall–Kier alpha value is -0.940. The maximum absolute atomic E-state index is 11.8. The van der Waals surface area contributed by atoms with Gasteiger partial charge >= 0.3 is 0 Å². The molecule has 0 bridgehead atoms. The van der Waals surface area contributed by atoms with Crippen molar-refractivity contribution in [3.63, 3.8) is 0 Å². The third kappa shape index (κ3) is 2.41. The molecule has 0 radical (unpaired) electrons. The lowest BCUT2D eigenvalue weighted by Crippen LogP contribution is -2.27. The fourth-order valence-corrected chi connectivity index (χ4v) is 2.30. The molecule has 1 aromatic heterocycles. The standard InChI is InChI=1S/C11H16N2O2S/c1-11(2,3)9(14)13-10-12-7-4-5-15-6-8(7)16-10/h4-6H2,1-3H3,(H,12,13,14). The first kappa shape index (κ1) is 11.5. The molecule has 4 nitrogen and oxygen atoms in total. The number of carbonyl (C=O) groups is 1. The Balaban J connectivity index is 2.11. The van der Waals surface area contributed by atoms with Crippen molar-refractivity contribution in [2.24, 2.45) is 5.41 Å². The molecule has 1 N–H and O–H groups in total. The number of nitrogens with one attached hydrogen (secondary N) is 1. The van der Waals surface area contributed by atoms with E-state index in [9.17, 15) is 4.79 Å². The zero-order valence-electron chi connectivity index (χ0n) is 9.79. The Morgan fingerprint density at radius 2 is 2.25 bits per heavy atom. The van der Waals surface area contributed by atoms with Crippen LogP contribution in [0.1, 0.15) is 31.3 Å². The number of nitrogens with zero attached hydrogens (tertiary/aromatic N) is 1. The zero-order chi connectivity index (χ0) is 11.8. The van der Waals surface area contributed by atoms with Crippen LogP contribution in [0.4, 0.5) is 5.13 Å². The number of ether oxygens (including phenoxy) is 1. The highest BCUT2D eigenvalue weighted by Gasteiger charge is 2.23. The van der Waals surface area contributed by atoms with Crippen molar-refractivity contribution in [2.45, 2.75) is 33.8 Å². The van der Waals surface area contributed by atoms with E-state index in [1.165, 1.54) is 11.3 Å². The summed E-state index contributed by atoms with van der Waals surface area (Å²) < 4.78 is 5.34. The SMILES string of the molecule is CC(C)(C)C(=O)Nc1nc2c(s1)COCC2. The predicted molar refractivity (Wildman–Crippen MR) is 63.6 cm³/mol. The highest BCUT2D eigenvalue weighted by Crippen LogP contribution is 2.28. The van der Waals surface area contributed by atoms with Gasteiger partial charge in [-0.25, -0.2) is 4.98 Å². The molecule has 0 aromatic carbocycles. The molecule has 0 saturated carbocycles. The Morgan fingerprint density at radius 3 is 2.88 bits per heavy atom. The molecule has 0 fully saturated rings. The van der Waals surface area contributed by atoms with Crippen LogP contribution in [0.5, 0.6) is 0 Å². The third-order valence-electron chi connectivity index (χ3n) is 2.40. The summed E-state index contributed by atoms with van der Waals surface area (Å²) in [7, 11) is 0. The van der Waals surface area contributed by atoms with Crippen molar-refractivity contribution in [1.82, 2.24) is 4.98 Å². The van der Waals surface area contributed by atoms with Gasteiger partial charge in [0.15, 0.2) is 5.13 Å². The molecule has 5 heteroatoms. The Kier molecular flexibility index (Phi) is 2.99. The molecule has 2 heterocycles. The highest BCUT2D eigenvalue weighted by molar-refractivity contribution is 7.15. The number of aromatic nitrogens is 1. The van der Waals surface area contributed by atoms with Crippen molar-refractivity contribution in [3.8, 4) is 0 Å². The Labute approximate surface area is 99.0 Å². The maximum atomic E-state index is 11.8. The van der Waals surface area contributed by atoms with Crippen molar-refractivity contribution in [3.05, 3.63) is 10.6 Å². The Morgan fingerprint density at radius 1 is 1.50 bits per heavy atom. The van der Waals surface area contributed by atoms with Gasteiger partial charge in [-0.2, -0.15) is 0 Å². The average Bonchev–Trinajstić information content (AvgIpc) is 2.58. The van der Waals surface area contributed by atoms with Gasteiger partial charge in [0, 0.05) is 11.8 Å². The fourth-order valence-electron chi connectivity index (χ4n) is 1.36. The quantitative estimate of drug-likeness (QED) is 0.818. The number of fused-ring (bicyclic) bond motifs is 1. The van der Waals surface area contributed by atoms with Crippen molar-refractivity contribution >= 4 is 22.4 Å². The lowest BCUT2D eigenvalue weighted by atomic mass is 9.96. The minimum Gasteiger partial charge on any atom is -0.375 e. The summed E-state index contributed by atoms with van der Waals surface area (Å²) in [4.78, 5) is 17.3. The van der Waals surface area contributed by atoms with Crippen LogP contribution in [-0.2, 0) is 22.6 Å². The van der Waals surface area contributed by atoms with Gasteiger partial charge in [0.25, 0.3) is 0 Å². The van der Waals surface area contributed by atoms with Crippen LogP contribution in [-0.4, -0.2) is 17.5 Å². The van der Waals surface area contributed by atoms with Crippen molar-refractivity contribution < 1.29 is 9.53 Å². The van der Waals surface area contributed by atoms with Crippen LogP contribution in [0.15, 0.2) is 0 Å². The van der Waals surface area contributed by atoms with E-state index in [4.69, 9.17) is 4.74 Å². The van der Waals surface area contributed by atoms with Crippen molar-refractivity contribution in [1.29, 1.82) is 0 Å². The number of carbonyl (C=O) groups excluding carboxylic acids is 1. The molecule has 88 valence electrons. The summed E-state index contributed by atoms with van der Waals surface area (Å²) in [6, 6.07) is 0. The second kappa shape index (κ2) is 4.14. The van der Waals surface area contributed by atoms with Crippen LogP contribution in [0, 0.1) is 5.41 Å². The third-order valence-corrected chi connectivity index (χ3v) is 3.38. The molecule has 2 rings (SSSR count). The monoisotopic (exact) mass is 240 g/mol. The number of anilines is 1. The number of rotatable bonds is 1. The van der Waals surface area contributed by atoms with Gasteiger partial charge in [0.05, 0.1) is 23.8 Å². The molecule has 1 aliphatic heterocycles.